The number of hydrogen-bond donors (Lipinski definition) is 0. The van der Waals surface area contributed by atoms with Crippen LogP contribution >= 0.6 is 15.9 Å². The summed E-state index contributed by atoms with van der Waals surface area (Å²) in [5.74, 6) is 0.112. The number of halogens is 1. The third-order valence-electron chi connectivity index (χ3n) is 6.56. The Labute approximate surface area is 192 Å². The highest BCUT2D eigenvalue weighted by Crippen LogP contribution is 2.39. The van der Waals surface area contributed by atoms with Gasteiger partial charge in [-0.15, -0.1) is 0 Å². The Morgan fingerprint density at radius 1 is 1.23 bits per heavy atom. The maximum atomic E-state index is 13.5. The summed E-state index contributed by atoms with van der Waals surface area (Å²) in [6, 6.07) is 11.6. The number of nitrogens with zero attached hydrogens (tertiary/aromatic N) is 3. The van der Waals surface area contributed by atoms with Crippen LogP contribution in [0.4, 0.5) is 0 Å². The number of hydrogen-bond acceptors (Lipinski definition) is 4. The fourth-order valence-corrected chi connectivity index (χ4v) is 5.45. The Morgan fingerprint density at radius 2 is 1.94 bits per heavy atom. The molecule has 8 heteroatoms. The molecule has 3 heterocycles. The fraction of sp³-hybridized carbons (Fsp3) is 0.478. The molecule has 1 aliphatic rings. The summed E-state index contributed by atoms with van der Waals surface area (Å²) >= 11 is 3.51. The van der Waals surface area contributed by atoms with Crippen LogP contribution < -0.4 is 5.69 Å². The zero-order valence-corrected chi connectivity index (χ0v) is 21.3. The molecule has 2 atom stereocenters. The minimum Gasteiger partial charge on any atom is -0.411 e. The van der Waals surface area contributed by atoms with Crippen molar-refractivity contribution in [2.75, 3.05) is 13.2 Å². The lowest BCUT2D eigenvalue weighted by molar-refractivity contribution is 0.122. The Balaban J connectivity index is 1.73. The number of aromatic nitrogens is 3. The highest BCUT2D eigenvalue weighted by atomic mass is 79.9. The first kappa shape index (κ1) is 22.5. The molecule has 0 N–H and O–H groups in total. The van der Waals surface area contributed by atoms with Gasteiger partial charge in [-0.2, -0.15) is 0 Å². The third-order valence-corrected chi connectivity index (χ3v) is 11.5. The molecule has 2 aromatic heterocycles. The second-order valence-corrected chi connectivity index (χ2v) is 15.4. The normalized spacial score (nSPS) is 19.9. The van der Waals surface area contributed by atoms with Gasteiger partial charge in [0.15, 0.2) is 14.0 Å². The van der Waals surface area contributed by atoms with Gasteiger partial charge in [0.1, 0.15) is 0 Å². The van der Waals surface area contributed by atoms with Gasteiger partial charge in [-0.3, -0.25) is 4.57 Å². The number of imidazole rings is 1. The Hall–Kier alpha value is -1.74. The van der Waals surface area contributed by atoms with Gasteiger partial charge in [0.2, 0.25) is 0 Å². The van der Waals surface area contributed by atoms with Crippen molar-refractivity contribution in [3.63, 3.8) is 0 Å². The van der Waals surface area contributed by atoms with E-state index in [9.17, 15) is 4.79 Å². The monoisotopic (exact) mass is 503 g/mol. The third kappa shape index (κ3) is 4.31. The van der Waals surface area contributed by atoms with E-state index in [1.165, 1.54) is 0 Å². The first-order valence-corrected chi connectivity index (χ1v) is 14.4. The summed E-state index contributed by atoms with van der Waals surface area (Å²) in [7, 11) is -1.95. The quantitative estimate of drug-likeness (QED) is 0.460. The standard InChI is InChI=1S/C23H30BrN3O3Si/c1-23(2,3)31(4,5)30-20-15-29-14-16(20)13-26-19-11-17(24)12-25-21(19)27(22(26)28)18-9-7-6-8-10-18/h6-12,16,20H,13-15H2,1-5H3. The van der Waals surface area contributed by atoms with E-state index < -0.39 is 8.32 Å². The summed E-state index contributed by atoms with van der Waals surface area (Å²) in [6.07, 6.45) is 1.72. The van der Waals surface area contributed by atoms with Crippen molar-refractivity contribution in [1.82, 2.24) is 14.1 Å². The topological polar surface area (TPSA) is 58.3 Å². The van der Waals surface area contributed by atoms with E-state index >= 15 is 0 Å². The molecule has 1 aromatic carbocycles. The van der Waals surface area contributed by atoms with Gasteiger partial charge in [-0.25, -0.2) is 14.3 Å². The lowest BCUT2D eigenvalue weighted by Gasteiger charge is -2.39. The highest BCUT2D eigenvalue weighted by Gasteiger charge is 2.42. The van der Waals surface area contributed by atoms with Crippen LogP contribution in [-0.4, -0.2) is 41.8 Å². The van der Waals surface area contributed by atoms with Crippen molar-refractivity contribution in [3.05, 3.63) is 57.6 Å². The van der Waals surface area contributed by atoms with Crippen molar-refractivity contribution in [1.29, 1.82) is 0 Å². The average Bonchev–Trinajstić information content (AvgIpc) is 3.24. The van der Waals surface area contributed by atoms with Crippen LogP contribution in [0.25, 0.3) is 16.9 Å². The van der Waals surface area contributed by atoms with Crippen molar-refractivity contribution < 1.29 is 9.16 Å². The molecule has 0 amide bonds. The van der Waals surface area contributed by atoms with Gasteiger partial charge in [0.25, 0.3) is 0 Å². The van der Waals surface area contributed by atoms with E-state index in [-0.39, 0.29) is 22.7 Å². The highest BCUT2D eigenvalue weighted by molar-refractivity contribution is 9.10. The molecule has 1 saturated heterocycles. The molecular formula is C23H30BrN3O3Si. The zero-order chi connectivity index (χ0) is 22.4. The molecule has 166 valence electrons. The fourth-order valence-electron chi connectivity index (χ4n) is 3.76. The number of para-hydroxylation sites is 1. The van der Waals surface area contributed by atoms with Crippen molar-refractivity contribution in [2.24, 2.45) is 5.92 Å². The molecule has 3 aromatic rings. The Kier molecular flexibility index (Phi) is 6.02. The van der Waals surface area contributed by atoms with Crippen molar-refractivity contribution in [3.8, 4) is 5.69 Å². The average molecular weight is 505 g/mol. The van der Waals surface area contributed by atoms with E-state index in [0.29, 0.717) is 25.4 Å². The minimum atomic E-state index is -1.95. The van der Waals surface area contributed by atoms with Crippen molar-refractivity contribution >= 4 is 35.4 Å². The first-order chi connectivity index (χ1) is 14.6. The SMILES string of the molecule is CC(C)(C)[Si](C)(C)OC1COCC1Cn1c(=O)n(-c2ccccc2)c2ncc(Br)cc21. The van der Waals surface area contributed by atoms with Gasteiger partial charge in [-0.1, -0.05) is 39.0 Å². The Morgan fingerprint density at radius 3 is 2.61 bits per heavy atom. The zero-order valence-electron chi connectivity index (χ0n) is 18.8. The predicted molar refractivity (Wildman–Crippen MR) is 129 cm³/mol. The van der Waals surface area contributed by atoms with Crippen LogP contribution in [0.15, 0.2) is 51.9 Å². The molecule has 31 heavy (non-hydrogen) atoms. The summed E-state index contributed by atoms with van der Waals surface area (Å²) < 4.78 is 16.8. The summed E-state index contributed by atoms with van der Waals surface area (Å²) in [4.78, 5) is 18.1. The number of fused-ring (bicyclic) bond motifs is 1. The molecule has 1 aliphatic heterocycles. The molecule has 0 aliphatic carbocycles. The maximum absolute atomic E-state index is 13.5. The Bertz CT molecular complexity index is 1130. The lowest BCUT2D eigenvalue weighted by Crippen LogP contribution is -2.46. The van der Waals surface area contributed by atoms with Crippen molar-refractivity contribution in [2.45, 2.75) is 51.6 Å². The van der Waals surface area contributed by atoms with Gasteiger partial charge in [-0.05, 0) is 52.3 Å². The van der Waals surface area contributed by atoms with Crippen LogP contribution in [-0.2, 0) is 15.7 Å². The maximum Gasteiger partial charge on any atom is 0.334 e. The van der Waals surface area contributed by atoms with E-state index in [1.54, 1.807) is 10.8 Å². The summed E-state index contributed by atoms with van der Waals surface area (Å²) in [6.45, 7) is 12.9. The second-order valence-electron chi connectivity index (χ2n) is 9.77. The van der Waals surface area contributed by atoms with Crippen LogP contribution in [0.1, 0.15) is 20.8 Å². The van der Waals surface area contributed by atoms with E-state index in [2.05, 4.69) is 54.8 Å². The van der Waals surface area contributed by atoms with E-state index in [4.69, 9.17) is 9.16 Å². The summed E-state index contributed by atoms with van der Waals surface area (Å²) in [5.41, 5.74) is 2.17. The van der Waals surface area contributed by atoms with Crippen LogP contribution in [0.5, 0.6) is 0 Å². The smallest absolute Gasteiger partial charge is 0.334 e. The minimum absolute atomic E-state index is 0.0111. The molecule has 1 fully saturated rings. The van der Waals surface area contributed by atoms with Crippen LogP contribution in [0, 0.1) is 5.92 Å². The molecule has 0 bridgehead atoms. The molecule has 0 radical (unpaired) electrons. The molecule has 0 spiro atoms. The van der Waals surface area contributed by atoms with Gasteiger partial charge in [0, 0.05) is 23.1 Å². The van der Waals surface area contributed by atoms with Crippen LogP contribution in [0.2, 0.25) is 18.1 Å². The second kappa shape index (κ2) is 8.31. The number of pyridine rings is 1. The van der Waals surface area contributed by atoms with E-state index in [0.717, 1.165) is 15.7 Å². The lowest BCUT2D eigenvalue weighted by atomic mass is 10.1. The van der Waals surface area contributed by atoms with Gasteiger partial charge < -0.3 is 9.16 Å². The molecule has 6 nitrogen and oxygen atoms in total. The molecule has 4 rings (SSSR count). The number of ether oxygens (including phenoxy) is 1. The number of benzene rings is 1. The first-order valence-electron chi connectivity index (χ1n) is 10.7. The summed E-state index contributed by atoms with van der Waals surface area (Å²) in [5, 5.41) is 0.120. The largest absolute Gasteiger partial charge is 0.411 e. The molecule has 0 saturated carbocycles. The van der Waals surface area contributed by atoms with Crippen LogP contribution in [0.3, 0.4) is 0 Å². The predicted octanol–water partition coefficient (Wildman–Crippen LogP) is 4.99. The molecule has 2 unspecified atom stereocenters. The number of rotatable bonds is 5. The van der Waals surface area contributed by atoms with Gasteiger partial charge >= 0.3 is 5.69 Å². The van der Waals surface area contributed by atoms with Gasteiger partial charge in [0.05, 0.1) is 30.5 Å². The van der Waals surface area contributed by atoms with E-state index in [1.807, 2.05) is 41.0 Å². The molecular weight excluding hydrogens is 474 g/mol.